The molecule has 0 atom stereocenters. The number of morpholine rings is 1. The quantitative estimate of drug-likeness (QED) is 0.921. The molecular formula is C17H19N3O3S. The first-order valence-electron chi connectivity index (χ1n) is 8.03. The summed E-state index contributed by atoms with van der Waals surface area (Å²) in [7, 11) is 0. The minimum absolute atomic E-state index is 0.128. The Balaban J connectivity index is 1.39. The molecule has 0 unspecified atom stereocenters. The lowest BCUT2D eigenvalue weighted by molar-refractivity contribution is 0.0337. The number of nitrogens with zero attached hydrogens (tertiary/aromatic N) is 2. The fourth-order valence-electron chi connectivity index (χ4n) is 2.91. The van der Waals surface area contributed by atoms with Gasteiger partial charge >= 0.3 is 0 Å². The van der Waals surface area contributed by atoms with E-state index in [0.717, 1.165) is 49.7 Å². The first kappa shape index (κ1) is 15.7. The Labute approximate surface area is 144 Å². The van der Waals surface area contributed by atoms with Crippen molar-refractivity contribution in [2.45, 2.75) is 19.8 Å². The number of carbonyl (C=O) groups is 1. The number of benzene rings is 1. The largest absolute Gasteiger partial charge is 0.379 e. The Morgan fingerprint density at radius 1 is 1.21 bits per heavy atom. The molecule has 0 aliphatic carbocycles. The number of aromatic nitrogens is 1. The summed E-state index contributed by atoms with van der Waals surface area (Å²) in [5.74, 6) is -0.128. The van der Waals surface area contributed by atoms with E-state index in [2.05, 4.69) is 15.2 Å². The lowest BCUT2D eigenvalue weighted by Crippen LogP contribution is -2.35. The Bertz CT molecular complexity index is 740. The van der Waals surface area contributed by atoms with E-state index in [0.29, 0.717) is 23.9 Å². The van der Waals surface area contributed by atoms with Crippen molar-refractivity contribution in [1.29, 1.82) is 0 Å². The summed E-state index contributed by atoms with van der Waals surface area (Å²) < 4.78 is 10.7. The highest BCUT2D eigenvalue weighted by Gasteiger charge is 2.16. The average molecular weight is 345 g/mol. The van der Waals surface area contributed by atoms with Gasteiger partial charge in [0.05, 0.1) is 32.1 Å². The third-order valence-corrected chi connectivity index (χ3v) is 5.05. The average Bonchev–Trinajstić information content (AvgIpc) is 3.24. The summed E-state index contributed by atoms with van der Waals surface area (Å²) in [6.45, 7) is 5.41. The van der Waals surface area contributed by atoms with Gasteiger partial charge in [-0.25, -0.2) is 4.98 Å². The molecule has 3 heterocycles. The molecule has 1 saturated heterocycles. The molecule has 1 aromatic heterocycles. The van der Waals surface area contributed by atoms with Crippen LogP contribution in [0.15, 0.2) is 23.6 Å². The topological polar surface area (TPSA) is 63.7 Å². The highest BCUT2D eigenvalue weighted by atomic mass is 32.1. The molecule has 2 aliphatic rings. The van der Waals surface area contributed by atoms with Crippen LogP contribution >= 0.6 is 11.3 Å². The van der Waals surface area contributed by atoms with Crippen LogP contribution in [0, 0.1) is 0 Å². The van der Waals surface area contributed by atoms with Crippen LogP contribution < -0.4 is 5.32 Å². The molecule has 0 bridgehead atoms. The van der Waals surface area contributed by atoms with Crippen molar-refractivity contribution in [2.75, 3.05) is 31.6 Å². The number of amides is 1. The van der Waals surface area contributed by atoms with Crippen molar-refractivity contribution >= 4 is 22.4 Å². The number of thiazole rings is 1. The zero-order valence-corrected chi connectivity index (χ0v) is 14.1. The van der Waals surface area contributed by atoms with Crippen LogP contribution in [0.4, 0.5) is 5.13 Å². The van der Waals surface area contributed by atoms with Crippen molar-refractivity contribution in [3.63, 3.8) is 0 Å². The first-order chi connectivity index (χ1) is 11.8. The highest BCUT2D eigenvalue weighted by molar-refractivity contribution is 7.13. The second-order valence-electron chi connectivity index (χ2n) is 5.96. The molecule has 24 heavy (non-hydrogen) atoms. The van der Waals surface area contributed by atoms with E-state index in [1.54, 1.807) is 0 Å². The van der Waals surface area contributed by atoms with Gasteiger partial charge in [-0.1, -0.05) is 6.07 Å². The van der Waals surface area contributed by atoms with Gasteiger partial charge in [-0.05, 0) is 23.3 Å². The monoisotopic (exact) mass is 345 g/mol. The second-order valence-corrected chi connectivity index (χ2v) is 6.82. The predicted molar refractivity (Wildman–Crippen MR) is 91.1 cm³/mol. The van der Waals surface area contributed by atoms with Gasteiger partial charge in [0.2, 0.25) is 0 Å². The second kappa shape index (κ2) is 6.98. The minimum Gasteiger partial charge on any atom is -0.379 e. The molecule has 1 N–H and O–H groups in total. The summed E-state index contributed by atoms with van der Waals surface area (Å²) in [6.07, 6.45) is 0. The third-order valence-electron chi connectivity index (χ3n) is 4.25. The minimum atomic E-state index is -0.128. The van der Waals surface area contributed by atoms with Crippen molar-refractivity contribution < 1.29 is 14.3 Å². The number of hydrogen-bond donors (Lipinski definition) is 1. The van der Waals surface area contributed by atoms with Gasteiger partial charge in [-0.3, -0.25) is 15.0 Å². The number of rotatable bonds is 4. The number of nitrogens with one attached hydrogen (secondary N) is 1. The molecular weight excluding hydrogens is 326 g/mol. The molecule has 0 saturated carbocycles. The maximum atomic E-state index is 12.4. The van der Waals surface area contributed by atoms with Crippen molar-refractivity contribution in [3.05, 3.63) is 46.0 Å². The van der Waals surface area contributed by atoms with E-state index in [1.165, 1.54) is 11.3 Å². The molecule has 2 aliphatic heterocycles. The molecule has 2 aromatic rings. The van der Waals surface area contributed by atoms with Gasteiger partial charge in [0.15, 0.2) is 5.13 Å². The SMILES string of the molecule is O=C(Nc1nc(CN2CCOCC2)cs1)c1ccc2c(c1)COC2. The normalized spacial score (nSPS) is 17.7. The van der Waals surface area contributed by atoms with Crippen LogP contribution in [0.1, 0.15) is 27.2 Å². The van der Waals surface area contributed by atoms with Gasteiger partial charge in [0.1, 0.15) is 0 Å². The van der Waals surface area contributed by atoms with Gasteiger partial charge in [-0.15, -0.1) is 11.3 Å². The zero-order chi connectivity index (χ0) is 16.4. The lowest BCUT2D eigenvalue weighted by atomic mass is 10.1. The van der Waals surface area contributed by atoms with E-state index in [4.69, 9.17) is 9.47 Å². The van der Waals surface area contributed by atoms with Crippen molar-refractivity contribution in [3.8, 4) is 0 Å². The summed E-state index contributed by atoms with van der Waals surface area (Å²) in [6, 6.07) is 5.70. The predicted octanol–water partition coefficient (Wildman–Crippen LogP) is 2.26. The van der Waals surface area contributed by atoms with E-state index in [9.17, 15) is 4.79 Å². The number of carbonyl (C=O) groups excluding carboxylic acids is 1. The van der Waals surface area contributed by atoms with Crippen LogP contribution in [0.2, 0.25) is 0 Å². The number of hydrogen-bond acceptors (Lipinski definition) is 6. The summed E-state index contributed by atoms with van der Waals surface area (Å²) in [5, 5.41) is 5.53. The molecule has 7 heteroatoms. The Morgan fingerprint density at radius 2 is 2.04 bits per heavy atom. The van der Waals surface area contributed by atoms with Crippen LogP contribution in [0.5, 0.6) is 0 Å². The van der Waals surface area contributed by atoms with Gasteiger partial charge in [-0.2, -0.15) is 0 Å². The Morgan fingerprint density at radius 3 is 2.92 bits per heavy atom. The highest BCUT2D eigenvalue weighted by Crippen LogP contribution is 2.22. The maximum Gasteiger partial charge on any atom is 0.257 e. The summed E-state index contributed by atoms with van der Waals surface area (Å²) in [5.41, 5.74) is 3.88. The maximum absolute atomic E-state index is 12.4. The zero-order valence-electron chi connectivity index (χ0n) is 13.3. The molecule has 0 spiro atoms. The van der Waals surface area contributed by atoms with Crippen LogP contribution in [-0.2, 0) is 29.2 Å². The molecule has 4 rings (SSSR count). The molecule has 1 amide bonds. The number of fused-ring (bicyclic) bond motifs is 1. The van der Waals surface area contributed by atoms with Gasteiger partial charge < -0.3 is 9.47 Å². The van der Waals surface area contributed by atoms with Crippen molar-refractivity contribution in [1.82, 2.24) is 9.88 Å². The molecule has 126 valence electrons. The van der Waals surface area contributed by atoms with Crippen LogP contribution in [0.25, 0.3) is 0 Å². The molecule has 1 fully saturated rings. The Hall–Kier alpha value is -1.80. The van der Waals surface area contributed by atoms with E-state index in [1.807, 2.05) is 23.6 Å². The van der Waals surface area contributed by atoms with Crippen molar-refractivity contribution in [2.24, 2.45) is 0 Å². The fourth-order valence-corrected chi connectivity index (χ4v) is 3.60. The van der Waals surface area contributed by atoms with E-state index in [-0.39, 0.29) is 5.91 Å². The third kappa shape index (κ3) is 3.49. The molecule has 6 nitrogen and oxygen atoms in total. The van der Waals surface area contributed by atoms with Crippen LogP contribution in [-0.4, -0.2) is 42.1 Å². The van der Waals surface area contributed by atoms with E-state index >= 15 is 0 Å². The molecule has 0 radical (unpaired) electrons. The van der Waals surface area contributed by atoms with Crippen LogP contribution in [0.3, 0.4) is 0 Å². The Kier molecular flexibility index (Phi) is 4.57. The lowest BCUT2D eigenvalue weighted by Gasteiger charge is -2.25. The van der Waals surface area contributed by atoms with Gasteiger partial charge in [0, 0.05) is 30.6 Å². The van der Waals surface area contributed by atoms with Gasteiger partial charge in [0.25, 0.3) is 5.91 Å². The number of anilines is 1. The first-order valence-corrected chi connectivity index (χ1v) is 8.91. The van der Waals surface area contributed by atoms with E-state index < -0.39 is 0 Å². The summed E-state index contributed by atoms with van der Waals surface area (Å²) in [4.78, 5) is 19.2. The molecule has 1 aromatic carbocycles. The number of ether oxygens (including phenoxy) is 2. The fraction of sp³-hybridized carbons (Fsp3) is 0.412. The summed E-state index contributed by atoms with van der Waals surface area (Å²) >= 11 is 1.46. The smallest absolute Gasteiger partial charge is 0.257 e. The standard InChI is InChI=1S/C17H19N3O3S/c21-16(12-1-2-13-9-23-10-14(13)7-12)19-17-18-15(11-24-17)8-20-3-5-22-6-4-20/h1-2,7,11H,3-6,8-10H2,(H,18,19,21).